The van der Waals surface area contributed by atoms with E-state index in [9.17, 15) is 22.8 Å². The number of allylic oxidation sites excluding steroid dienone is 1. The van der Waals surface area contributed by atoms with Gasteiger partial charge in [0.25, 0.3) is 5.91 Å². The highest BCUT2D eigenvalue weighted by atomic mass is 35.5. The second-order valence-electron chi connectivity index (χ2n) is 8.30. The molecule has 0 fully saturated rings. The van der Waals surface area contributed by atoms with Crippen LogP contribution in [0.3, 0.4) is 0 Å². The number of hydrogen-bond donors (Lipinski definition) is 1. The van der Waals surface area contributed by atoms with Gasteiger partial charge in [0.05, 0.1) is 33.0 Å². The number of halogens is 4. The van der Waals surface area contributed by atoms with Gasteiger partial charge >= 0.3 is 12.1 Å². The van der Waals surface area contributed by atoms with Crippen molar-refractivity contribution >= 4 is 63.1 Å². The van der Waals surface area contributed by atoms with Crippen LogP contribution >= 0.6 is 22.9 Å². The lowest BCUT2D eigenvalue weighted by atomic mass is 10.0. The van der Waals surface area contributed by atoms with Crippen molar-refractivity contribution < 1.29 is 27.5 Å². The van der Waals surface area contributed by atoms with E-state index in [1.807, 2.05) is 29.7 Å². The number of rotatable bonds is 5. The third kappa shape index (κ3) is 5.10. The molecule has 5 rings (SSSR count). The fourth-order valence-corrected chi connectivity index (χ4v) is 5.23. The van der Waals surface area contributed by atoms with E-state index in [4.69, 9.17) is 21.3 Å². The number of nitrogens with zero attached hydrogens (tertiary/aromatic N) is 1. The molecular formula is C27H18ClF3N2O3S. The third-order valence-corrected chi connectivity index (χ3v) is 7.06. The van der Waals surface area contributed by atoms with Gasteiger partial charge in [0.2, 0.25) is 0 Å². The molecule has 0 radical (unpaired) electrons. The Labute approximate surface area is 218 Å². The molecular weight excluding hydrogens is 525 g/mol. The number of carbonyl (C=O) groups is 2. The van der Waals surface area contributed by atoms with Crippen LogP contribution in [0, 0.1) is 0 Å². The number of alkyl halides is 3. The molecule has 0 saturated carbocycles. The maximum Gasteiger partial charge on any atom is 0.418 e. The van der Waals surface area contributed by atoms with E-state index in [2.05, 4.69) is 5.32 Å². The molecule has 4 aromatic rings. The number of esters is 1. The Balaban J connectivity index is 1.42. The van der Waals surface area contributed by atoms with Crippen LogP contribution in [0.5, 0.6) is 0 Å². The van der Waals surface area contributed by atoms with Crippen molar-refractivity contribution in [3.8, 4) is 0 Å². The lowest BCUT2D eigenvalue weighted by Gasteiger charge is -2.15. The van der Waals surface area contributed by atoms with E-state index < -0.39 is 35.9 Å². The molecule has 0 unspecified atom stereocenters. The summed E-state index contributed by atoms with van der Waals surface area (Å²) in [5, 5.41) is 4.40. The van der Waals surface area contributed by atoms with Crippen molar-refractivity contribution in [3.05, 3.63) is 92.3 Å². The van der Waals surface area contributed by atoms with Crippen molar-refractivity contribution in [1.29, 1.82) is 0 Å². The SMILES string of the molecule is O=C(COC(=O)c1c2c(nc3ccccc13)C(=Cc1cccs1)CC2)Nc1c(Cl)cccc1C(F)(F)F. The molecule has 2 aromatic heterocycles. The van der Waals surface area contributed by atoms with Crippen LogP contribution in [-0.4, -0.2) is 23.5 Å². The number of anilines is 1. The van der Waals surface area contributed by atoms with Crippen molar-refractivity contribution in [2.75, 3.05) is 11.9 Å². The van der Waals surface area contributed by atoms with Crippen LogP contribution in [0.1, 0.15) is 38.5 Å². The number of benzene rings is 2. The lowest BCUT2D eigenvalue weighted by Crippen LogP contribution is -2.23. The number of carbonyl (C=O) groups excluding carboxylic acids is 2. The second-order valence-corrected chi connectivity index (χ2v) is 9.69. The van der Waals surface area contributed by atoms with E-state index >= 15 is 0 Å². The summed E-state index contributed by atoms with van der Waals surface area (Å²) in [5.41, 5.74) is 1.64. The Hall–Kier alpha value is -3.69. The zero-order valence-corrected chi connectivity index (χ0v) is 20.6. The maximum absolute atomic E-state index is 13.3. The molecule has 0 aliphatic heterocycles. The van der Waals surface area contributed by atoms with E-state index in [1.165, 1.54) is 6.07 Å². The first-order chi connectivity index (χ1) is 17.7. The quantitative estimate of drug-likeness (QED) is 0.270. The van der Waals surface area contributed by atoms with Crippen molar-refractivity contribution in [2.45, 2.75) is 19.0 Å². The monoisotopic (exact) mass is 542 g/mol. The number of thiophene rings is 1. The second kappa shape index (κ2) is 9.99. The van der Waals surface area contributed by atoms with Crippen molar-refractivity contribution in [2.24, 2.45) is 0 Å². The highest BCUT2D eigenvalue weighted by Crippen LogP contribution is 2.39. The fraction of sp³-hybridized carbons (Fsp3) is 0.148. The van der Waals surface area contributed by atoms with Crippen molar-refractivity contribution in [1.82, 2.24) is 4.98 Å². The first kappa shape index (κ1) is 25.0. The van der Waals surface area contributed by atoms with Gasteiger partial charge in [-0.05, 0) is 59.7 Å². The Morgan fingerprint density at radius 3 is 2.65 bits per heavy atom. The fourth-order valence-electron chi connectivity index (χ4n) is 4.32. The minimum Gasteiger partial charge on any atom is -0.452 e. The zero-order valence-electron chi connectivity index (χ0n) is 19.1. The van der Waals surface area contributed by atoms with Gasteiger partial charge < -0.3 is 10.1 Å². The maximum atomic E-state index is 13.3. The summed E-state index contributed by atoms with van der Waals surface area (Å²) in [7, 11) is 0. The molecule has 0 atom stereocenters. The van der Waals surface area contributed by atoms with Crippen LogP contribution in [0.4, 0.5) is 18.9 Å². The summed E-state index contributed by atoms with van der Waals surface area (Å²) >= 11 is 7.49. The normalized spacial score (nSPS) is 14.1. The summed E-state index contributed by atoms with van der Waals surface area (Å²) in [6, 6.07) is 14.2. The largest absolute Gasteiger partial charge is 0.452 e. The predicted molar refractivity (Wildman–Crippen MR) is 138 cm³/mol. The molecule has 1 aliphatic rings. The van der Waals surface area contributed by atoms with Gasteiger partial charge in [-0.1, -0.05) is 41.9 Å². The molecule has 5 nitrogen and oxygen atoms in total. The predicted octanol–water partition coefficient (Wildman–Crippen LogP) is 7.25. The summed E-state index contributed by atoms with van der Waals surface area (Å²) in [6.07, 6.45) is -1.43. The van der Waals surface area contributed by atoms with Crippen LogP contribution in [0.25, 0.3) is 22.6 Å². The number of fused-ring (bicyclic) bond motifs is 2. The smallest absolute Gasteiger partial charge is 0.418 e. The zero-order chi connectivity index (χ0) is 26.2. The molecule has 2 heterocycles. The van der Waals surface area contributed by atoms with Crippen molar-refractivity contribution in [3.63, 3.8) is 0 Å². The summed E-state index contributed by atoms with van der Waals surface area (Å²) in [6.45, 7) is -0.787. The standard InChI is InChI=1S/C27H18ClF3N2O3S/c28-20-8-3-7-19(27(29,30)31)25(20)33-22(34)14-36-26(35)23-17-6-1-2-9-21(17)32-24-15(10-11-18(23)24)13-16-5-4-12-37-16/h1-9,12-13H,10-11,14H2,(H,33,34). The Morgan fingerprint density at radius 2 is 1.89 bits per heavy atom. The number of hydrogen-bond acceptors (Lipinski definition) is 5. The Kier molecular flexibility index (Phi) is 6.74. The van der Waals surface area contributed by atoms with E-state index in [-0.39, 0.29) is 5.02 Å². The van der Waals surface area contributed by atoms with Gasteiger partial charge in [0.15, 0.2) is 6.61 Å². The highest BCUT2D eigenvalue weighted by molar-refractivity contribution is 7.10. The number of para-hydroxylation sites is 2. The topological polar surface area (TPSA) is 68.3 Å². The molecule has 2 aromatic carbocycles. The molecule has 0 saturated heterocycles. The average molecular weight is 543 g/mol. The van der Waals surface area contributed by atoms with Gasteiger partial charge in [0, 0.05) is 10.3 Å². The first-order valence-corrected chi connectivity index (χ1v) is 12.5. The lowest BCUT2D eigenvalue weighted by molar-refractivity contribution is -0.137. The van der Waals surface area contributed by atoms with Crippen LogP contribution in [0.2, 0.25) is 5.02 Å². The van der Waals surface area contributed by atoms with Gasteiger partial charge in [-0.25, -0.2) is 9.78 Å². The summed E-state index contributed by atoms with van der Waals surface area (Å²) in [5.74, 6) is -1.70. The van der Waals surface area contributed by atoms with E-state index in [0.29, 0.717) is 35.0 Å². The third-order valence-electron chi connectivity index (χ3n) is 5.92. The number of pyridine rings is 1. The molecule has 1 aliphatic carbocycles. The molecule has 188 valence electrons. The average Bonchev–Trinajstić information content (AvgIpc) is 3.52. The summed E-state index contributed by atoms with van der Waals surface area (Å²) < 4.78 is 45.3. The van der Waals surface area contributed by atoms with Crippen LogP contribution in [-0.2, 0) is 22.1 Å². The van der Waals surface area contributed by atoms with Crippen LogP contribution < -0.4 is 5.32 Å². The summed E-state index contributed by atoms with van der Waals surface area (Å²) in [4.78, 5) is 31.6. The van der Waals surface area contributed by atoms with Gasteiger partial charge in [-0.3, -0.25) is 4.79 Å². The number of ether oxygens (including phenoxy) is 1. The minimum absolute atomic E-state index is 0.280. The number of aromatic nitrogens is 1. The van der Waals surface area contributed by atoms with E-state index in [0.717, 1.165) is 28.1 Å². The molecule has 0 bridgehead atoms. The van der Waals surface area contributed by atoms with Gasteiger partial charge in [0.1, 0.15) is 0 Å². The molecule has 1 N–H and O–H groups in total. The molecule has 0 spiro atoms. The highest BCUT2D eigenvalue weighted by Gasteiger charge is 2.35. The number of amides is 1. The van der Waals surface area contributed by atoms with Gasteiger partial charge in [-0.2, -0.15) is 13.2 Å². The molecule has 10 heteroatoms. The molecule has 1 amide bonds. The van der Waals surface area contributed by atoms with E-state index in [1.54, 1.807) is 29.5 Å². The minimum atomic E-state index is -4.73. The Bertz CT molecular complexity index is 1550. The number of nitrogens with one attached hydrogen (secondary N) is 1. The van der Waals surface area contributed by atoms with Crippen LogP contribution in [0.15, 0.2) is 60.0 Å². The Morgan fingerprint density at radius 1 is 1.08 bits per heavy atom. The van der Waals surface area contributed by atoms with Gasteiger partial charge in [-0.15, -0.1) is 11.3 Å². The first-order valence-electron chi connectivity index (χ1n) is 11.2. The molecule has 37 heavy (non-hydrogen) atoms.